The van der Waals surface area contributed by atoms with Gasteiger partial charge in [-0.25, -0.2) is 19.2 Å². The van der Waals surface area contributed by atoms with Crippen molar-refractivity contribution in [1.82, 2.24) is 0 Å². The van der Waals surface area contributed by atoms with Crippen molar-refractivity contribution in [3.63, 3.8) is 0 Å². The van der Waals surface area contributed by atoms with Gasteiger partial charge in [-0.1, -0.05) is 12.1 Å². The zero-order valence-electron chi connectivity index (χ0n) is 32.8. The van der Waals surface area contributed by atoms with Crippen LogP contribution in [0, 0.1) is 0 Å². The summed E-state index contributed by atoms with van der Waals surface area (Å²) in [5.74, 6) is -18.0. The van der Waals surface area contributed by atoms with Gasteiger partial charge in [-0.3, -0.25) is 0 Å². The predicted molar refractivity (Wildman–Crippen MR) is 210 cm³/mol. The normalized spacial score (nSPS) is 18.0. The minimum atomic E-state index is -2.25. The average Bonchev–Trinajstić information content (AvgIpc) is 3.26. The second-order valence-electron chi connectivity index (χ2n) is 14.0. The number of hydrogen-bond acceptors (Lipinski definition) is 23. The molecule has 342 valence electrons. The van der Waals surface area contributed by atoms with Crippen LogP contribution in [-0.2, 0) is 34.8 Å². The molecule has 0 bridgehead atoms. The summed E-state index contributed by atoms with van der Waals surface area (Å²) in [5.41, 5.74) is -2.02. The topological polar surface area (TPSA) is 387 Å². The predicted octanol–water partition coefficient (Wildman–Crippen LogP) is 2.68. The third-order valence-corrected chi connectivity index (χ3v) is 9.53. The van der Waals surface area contributed by atoms with Gasteiger partial charge >= 0.3 is 23.9 Å². The molecule has 5 aromatic rings. The molecule has 0 saturated carbocycles. The van der Waals surface area contributed by atoms with E-state index in [2.05, 4.69) is 0 Å². The first-order valence-corrected chi connectivity index (χ1v) is 18.6. The van der Waals surface area contributed by atoms with E-state index in [1.165, 1.54) is 24.3 Å². The molecule has 0 radical (unpaired) electrons. The minimum Gasteiger partial charge on any atom is -0.508 e. The molecule has 5 aromatic carbocycles. The average molecular weight is 909 g/mol. The molecule has 0 aliphatic carbocycles. The van der Waals surface area contributed by atoms with E-state index in [-0.39, 0.29) is 18.8 Å². The van der Waals surface area contributed by atoms with Crippen molar-refractivity contribution in [2.24, 2.45) is 0 Å². The van der Waals surface area contributed by atoms with E-state index in [1.807, 2.05) is 0 Å². The van der Waals surface area contributed by atoms with Crippen LogP contribution < -0.4 is 0 Å². The first kappa shape index (κ1) is 45.8. The van der Waals surface area contributed by atoms with E-state index >= 15 is 0 Å². The molecule has 23 heteroatoms. The Kier molecular flexibility index (Phi) is 13.2. The number of phenolic OH excluding ortho intramolecular Hbond substituents is 13. The number of esters is 4. The zero-order valence-corrected chi connectivity index (χ0v) is 32.8. The van der Waals surface area contributed by atoms with Crippen LogP contribution in [0.4, 0.5) is 0 Å². The maximum Gasteiger partial charge on any atom is 0.339 e. The largest absolute Gasteiger partial charge is 0.508 e. The van der Waals surface area contributed by atoms with Crippen molar-refractivity contribution in [2.45, 2.75) is 37.1 Å². The van der Waals surface area contributed by atoms with Gasteiger partial charge in [0.2, 0.25) is 0 Å². The fourth-order valence-electron chi connectivity index (χ4n) is 6.21. The Morgan fingerprint density at radius 3 is 1.17 bits per heavy atom. The number of phenols is 13. The van der Waals surface area contributed by atoms with Crippen LogP contribution >= 0.6 is 0 Å². The van der Waals surface area contributed by atoms with Crippen molar-refractivity contribution in [2.75, 3.05) is 13.2 Å². The van der Waals surface area contributed by atoms with Gasteiger partial charge in [0.15, 0.2) is 93.6 Å². The van der Waals surface area contributed by atoms with Gasteiger partial charge in [-0.15, -0.1) is 0 Å². The van der Waals surface area contributed by atoms with Crippen LogP contribution in [0.2, 0.25) is 0 Å². The van der Waals surface area contributed by atoms with Crippen LogP contribution in [0.1, 0.15) is 47.0 Å². The molecule has 23 nitrogen and oxygen atoms in total. The van der Waals surface area contributed by atoms with Gasteiger partial charge in [0.25, 0.3) is 0 Å². The molecule has 1 aliphatic rings. The molecule has 1 heterocycles. The quantitative estimate of drug-likeness (QED) is 0.0459. The summed E-state index contributed by atoms with van der Waals surface area (Å²) >= 11 is 0. The van der Waals surface area contributed by atoms with Gasteiger partial charge in [0, 0.05) is 0 Å². The van der Waals surface area contributed by atoms with Crippen LogP contribution in [-0.4, -0.2) is 134 Å². The molecule has 0 unspecified atom stereocenters. The number of rotatable bonds is 13. The molecule has 1 fully saturated rings. The number of aromatic hydroxyl groups is 13. The number of carbonyl (C=O) groups excluding carboxylic acids is 4. The summed E-state index contributed by atoms with van der Waals surface area (Å²) in [7, 11) is 0. The molecular formula is C42H36O23. The highest BCUT2D eigenvalue weighted by atomic mass is 16.7. The summed E-state index contributed by atoms with van der Waals surface area (Å²) in [6.07, 6.45) is -10.4. The fourth-order valence-corrected chi connectivity index (χ4v) is 6.21. The standard InChI is InChI=1S/C42H36O23/c43-21-3-1-16(2-4-21)5-6-60-42-37(65-41(59)20-13-28(50)34(55)29(51)14-20)36(64-40(58)19-11-26(48)33(54)27(49)12-19)35(63-39(57)18-9-24(46)32(53)25(47)10-18)30(62-42)15-61-38(56)17-7-22(44)31(52)23(45)8-17/h1-4,7-14,30,35-37,42-55H,5-6,15H2/t30-,35-,36+,37-,42-/m1/s1. The summed E-state index contributed by atoms with van der Waals surface area (Å²) in [6, 6.07) is 11.0. The van der Waals surface area contributed by atoms with E-state index in [9.17, 15) is 85.6 Å². The van der Waals surface area contributed by atoms with Crippen molar-refractivity contribution >= 4 is 23.9 Å². The van der Waals surface area contributed by atoms with Gasteiger partial charge in [0.1, 0.15) is 18.5 Å². The molecule has 1 aliphatic heterocycles. The van der Waals surface area contributed by atoms with Crippen LogP contribution in [0.5, 0.6) is 74.7 Å². The Hall–Kier alpha value is -8.70. The van der Waals surface area contributed by atoms with Crippen LogP contribution in [0.3, 0.4) is 0 Å². The first-order chi connectivity index (χ1) is 30.7. The fraction of sp³-hybridized carbons (Fsp3) is 0.190. The number of benzene rings is 5. The molecule has 13 N–H and O–H groups in total. The molecule has 6 rings (SSSR count). The lowest BCUT2D eigenvalue weighted by Crippen LogP contribution is -2.63. The van der Waals surface area contributed by atoms with E-state index in [0.717, 1.165) is 0 Å². The summed E-state index contributed by atoms with van der Waals surface area (Å²) in [5, 5.41) is 130. The lowest BCUT2D eigenvalue weighted by atomic mass is 9.97. The molecule has 65 heavy (non-hydrogen) atoms. The lowest BCUT2D eigenvalue weighted by molar-refractivity contribution is -0.298. The Bertz CT molecular complexity index is 2550. The molecule has 5 atom stereocenters. The molecular weight excluding hydrogens is 872 g/mol. The highest BCUT2D eigenvalue weighted by Crippen LogP contribution is 2.40. The minimum absolute atomic E-state index is 0.0385. The van der Waals surface area contributed by atoms with Crippen LogP contribution in [0.15, 0.2) is 72.8 Å². The smallest absolute Gasteiger partial charge is 0.339 e. The molecule has 0 spiro atoms. The van der Waals surface area contributed by atoms with E-state index < -0.39 is 152 Å². The second kappa shape index (κ2) is 18.7. The summed E-state index contributed by atoms with van der Waals surface area (Å²) in [6.45, 7) is -1.39. The van der Waals surface area contributed by atoms with Crippen molar-refractivity contribution < 1.29 is 114 Å². The molecule has 0 aromatic heterocycles. The lowest BCUT2D eigenvalue weighted by Gasteiger charge is -2.44. The van der Waals surface area contributed by atoms with Gasteiger partial charge in [0.05, 0.1) is 28.9 Å². The van der Waals surface area contributed by atoms with Gasteiger partial charge in [-0.05, 0) is 72.6 Å². The zero-order chi connectivity index (χ0) is 47.4. The number of carbonyl (C=O) groups is 4. The monoisotopic (exact) mass is 908 g/mol. The van der Waals surface area contributed by atoms with Crippen molar-refractivity contribution in [3.8, 4) is 74.7 Å². The Balaban J connectivity index is 1.47. The first-order valence-electron chi connectivity index (χ1n) is 18.6. The number of ether oxygens (including phenoxy) is 6. The number of hydrogen-bond donors (Lipinski definition) is 13. The summed E-state index contributed by atoms with van der Waals surface area (Å²) in [4.78, 5) is 54.8. The Morgan fingerprint density at radius 2 is 0.785 bits per heavy atom. The van der Waals surface area contributed by atoms with Crippen molar-refractivity contribution in [3.05, 3.63) is 101 Å². The second-order valence-corrected chi connectivity index (χ2v) is 14.0. The van der Waals surface area contributed by atoms with E-state index in [1.54, 1.807) is 0 Å². The SMILES string of the molecule is O=C(OC[C@H]1O[C@@H](OCCc2ccc(O)cc2)[C@H](OC(=O)c2cc(O)c(O)c(O)c2)[C@@H](OC(=O)c2cc(O)c(O)c(O)c2)[C@@H]1OC(=O)c1cc(O)c(O)c(O)c1)c1cc(O)c(O)c(O)c1. The third-order valence-electron chi connectivity index (χ3n) is 9.53. The third kappa shape index (κ3) is 10.2. The maximum absolute atomic E-state index is 13.9. The van der Waals surface area contributed by atoms with Gasteiger partial charge in [-0.2, -0.15) is 0 Å². The maximum atomic E-state index is 13.9. The van der Waals surface area contributed by atoms with Crippen molar-refractivity contribution in [1.29, 1.82) is 0 Å². The Labute approximate surface area is 363 Å². The highest BCUT2D eigenvalue weighted by Gasteiger charge is 2.54. The Morgan fingerprint density at radius 1 is 0.446 bits per heavy atom. The molecule has 1 saturated heterocycles. The van der Waals surface area contributed by atoms with E-state index in [4.69, 9.17) is 28.4 Å². The van der Waals surface area contributed by atoms with Crippen LogP contribution in [0.25, 0.3) is 0 Å². The summed E-state index contributed by atoms with van der Waals surface area (Å²) < 4.78 is 34.5. The van der Waals surface area contributed by atoms with E-state index in [0.29, 0.717) is 54.1 Å². The van der Waals surface area contributed by atoms with Gasteiger partial charge < -0.3 is 94.8 Å². The molecule has 0 amide bonds. The highest BCUT2D eigenvalue weighted by molar-refractivity contribution is 5.93.